The number of carbonyl (C=O) groups is 3. The van der Waals surface area contributed by atoms with Gasteiger partial charge in [0, 0.05) is 12.8 Å². The molecule has 0 amide bonds. The van der Waals surface area contributed by atoms with Crippen molar-refractivity contribution >= 4 is 17.9 Å². The number of carbonyl (C=O) groups excluding carboxylic acids is 3. The van der Waals surface area contributed by atoms with Gasteiger partial charge in [0.25, 0.3) is 0 Å². The Labute approximate surface area is 363 Å². The summed E-state index contributed by atoms with van der Waals surface area (Å²) in [7, 11) is 5.91. The first-order chi connectivity index (χ1) is 28.6. The molecule has 0 aliphatic carbocycles. The van der Waals surface area contributed by atoms with E-state index in [1.807, 2.05) is 21.1 Å². The second kappa shape index (κ2) is 42.5. The van der Waals surface area contributed by atoms with Crippen LogP contribution in [-0.2, 0) is 33.3 Å². The Morgan fingerprint density at radius 3 is 1.36 bits per heavy atom. The summed E-state index contributed by atoms with van der Waals surface area (Å²) in [5, 5.41) is 11.7. The van der Waals surface area contributed by atoms with Crippen LogP contribution in [0.15, 0.2) is 24.3 Å². The summed E-state index contributed by atoms with van der Waals surface area (Å²) in [5.41, 5.74) is 0. The Bertz CT molecular complexity index is 1020. The van der Waals surface area contributed by atoms with Crippen LogP contribution >= 0.6 is 0 Å². The Kier molecular flexibility index (Phi) is 40.9. The molecule has 0 N–H and O–H groups in total. The minimum absolute atomic E-state index is 0.148. The molecule has 2 unspecified atom stereocenters. The molecule has 0 fully saturated rings. The number of ether oxygens (including phenoxy) is 4. The number of carboxylic acid groups (broad SMARTS) is 1. The van der Waals surface area contributed by atoms with E-state index in [1.54, 1.807) is 0 Å². The van der Waals surface area contributed by atoms with Crippen molar-refractivity contribution in [2.75, 3.05) is 47.5 Å². The molecule has 2 atom stereocenters. The van der Waals surface area contributed by atoms with E-state index in [9.17, 15) is 19.5 Å². The smallest absolute Gasteiger partial charge is 0.306 e. The molecule has 0 spiro atoms. The van der Waals surface area contributed by atoms with Crippen LogP contribution in [0.2, 0.25) is 0 Å². The predicted molar refractivity (Wildman–Crippen MR) is 242 cm³/mol. The summed E-state index contributed by atoms with van der Waals surface area (Å²) >= 11 is 0. The Morgan fingerprint density at radius 1 is 0.508 bits per heavy atom. The molecule has 0 saturated heterocycles. The second-order valence-corrected chi connectivity index (χ2v) is 17.8. The summed E-state index contributed by atoms with van der Waals surface area (Å²) in [6.45, 7) is 4.74. The second-order valence-electron chi connectivity index (χ2n) is 17.8. The van der Waals surface area contributed by atoms with E-state index in [4.69, 9.17) is 18.9 Å². The van der Waals surface area contributed by atoms with Crippen molar-refractivity contribution in [1.82, 2.24) is 0 Å². The maximum Gasteiger partial charge on any atom is 0.306 e. The summed E-state index contributed by atoms with van der Waals surface area (Å²) in [4.78, 5) is 37.1. The Morgan fingerprint density at radius 2 is 0.915 bits per heavy atom. The fourth-order valence-corrected chi connectivity index (χ4v) is 6.86. The molecule has 0 aliphatic heterocycles. The molecule has 346 valence electrons. The molecular weight excluding hydrogens is 743 g/mol. The SMILES string of the molecule is CCCCCC/C=C\C/C=C\CCCCCCCCCC(=O)OC(COC(=O)CCCCCCCCCCCCCCCCCC)COC(OCC[N+](C)(C)C)C(=O)[O-]. The van der Waals surface area contributed by atoms with Gasteiger partial charge in [-0.25, -0.2) is 0 Å². The lowest BCUT2D eigenvalue weighted by atomic mass is 10.0. The van der Waals surface area contributed by atoms with Gasteiger partial charge in [-0.15, -0.1) is 0 Å². The Balaban J connectivity index is 4.38. The first-order valence-corrected chi connectivity index (χ1v) is 24.5. The van der Waals surface area contributed by atoms with Gasteiger partial charge in [-0.2, -0.15) is 0 Å². The largest absolute Gasteiger partial charge is 0.545 e. The van der Waals surface area contributed by atoms with Gasteiger partial charge in [-0.05, 0) is 44.9 Å². The molecule has 0 aliphatic rings. The molecule has 0 aromatic heterocycles. The van der Waals surface area contributed by atoms with E-state index < -0.39 is 24.3 Å². The minimum atomic E-state index is -1.62. The number of allylic oxidation sites excluding steroid dienone is 4. The number of unbranched alkanes of at least 4 members (excludes halogenated alkanes) is 26. The van der Waals surface area contributed by atoms with Gasteiger partial charge < -0.3 is 33.3 Å². The first-order valence-electron chi connectivity index (χ1n) is 24.5. The minimum Gasteiger partial charge on any atom is -0.545 e. The van der Waals surface area contributed by atoms with Crippen LogP contribution in [0.3, 0.4) is 0 Å². The maximum absolute atomic E-state index is 12.8. The van der Waals surface area contributed by atoms with Crippen LogP contribution in [0.5, 0.6) is 0 Å². The fraction of sp³-hybridized carbons (Fsp3) is 0.860. The van der Waals surface area contributed by atoms with E-state index in [1.165, 1.54) is 135 Å². The summed E-state index contributed by atoms with van der Waals surface area (Å²) in [6, 6.07) is 0. The summed E-state index contributed by atoms with van der Waals surface area (Å²) in [6.07, 6.45) is 43.4. The van der Waals surface area contributed by atoms with Crippen LogP contribution in [0.25, 0.3) is 0 Å². The predicted octanol–water partition coefficient (Wildman–Crippen LogP) is 11.9. The van der Waals surface area contributed by atoms with Crippen LogP contribution in [0.4, 0.5) is 0 Å². The highest BCUT2D eigenvalue weighted by atomic mass is 16.7. The molecule has 0 aromatic carbocycles. The zero-order valence-electron chi connectivity index (χ0n) is 39.1. The molecule has 59 heavy (non-hydrogen) atoms. The van der Waals surface area contributed by atoms with Crippen molar-refractivity contribution in [3.8, 4) is 0 Å². The Hall–Kier alpha value is -2.23. The number of rotatable bonds is 45. The number of hydrogen-bond donors (Lipinski definition) is 0. The van der Waals surface area contributed by atoms with Crippen molar-refractivity contribution in [2.24, 2.45) is 0 Å². The number of aliphatic carboxylic acids is 1. The monoisotopic (exact) mass is 836 g/mol. The van der Waals surface area contributed by atoms with E-state index >= 15 is 0 Å². The summed E-state index contributed by atoms with van der Waals surface area (Å²) in [5.74, 6) is -2.28. The average Bonchev–Trinajstić information content (AvgIpc) is 3.19. The van der Waals surface area contributed by atoms with Crippen molar-refractivity contribution < 1.29 is 42.9 Å². The quantitative estimate of drug-likeness (QED) is 0.0196. The third-order valence-corrected chi connectivity index (χ3v) is 10.7. The van der Waals surface area contributed by atoms with Gasteiger partial charge in [-0.3, -0.25) is 9.59 Å². The van der Waals surface area contributed by atoms with Crippen LogP contribution < -0.4 is 5.11 Å². The highest BCUT2D eigenvalue weighted by Crippen LogP contribution is 2.15. The molecule has 0 aromatic rings. The molecule has 9 heteroatoms. The lowest BCUT2D eigenvalue weighted by Gasteiger charge is -2.26. The van der Waals surface area contributed by atoms with Crippen molar-refractivity contribution in [2.45, 2.75) is 232 Å². The van der Waals surface area contributed by atoms with Crippen LogP contribution in [0.1, 0.15) is 219 Å². The number of likely N-dealkylation sites (N-methyl/N-ethyl adjacent to an activating group) is 1. The lowest BCUT2D eigenvalue weighted by Crippen LogP contribution is -2.44. The molecule has 0 saturated carbocycles. The normalized spacial score (nSPS) is 13.0. The molecular formula is C50H93NO8. The van der Waals surface area contributed by atoms with Gasteiger partial charge in [0.15, 0.2) is 12.4 Å². The van der Waals surface area contributed by atoms with Crippen molar-refractivity contribution in [3.05, 3.63) is 24.3 Å². The molecule has 0 heterocycles. The van der Waals surface area contributed by atoms with Gasteiger partial charge in [-0.1, -0.05) is 186 Å². The maximum atomic E-state index is 12.8. The zero-order valence-corrected chi connectivity index (χ0v) is 39.1. The zero-order chi connectivity index (χ0) is 43.5. The number of quaternary nitrogens is 1. The third kappa shape index (κ3) is 43.7. The highest BCUT2D eigenvalue weighted by molar-refractivity contribution is 5.70. The number of esters is 2. The number of nitrogens with zero attached hydrogens (tertiary/aromatic N) is 1. The standard InChI is InChI=1S/C50H93NO8/c1-6-8-10-12-14-16-18-20-22-24-25-27-29-31-33-35-37-39-41-48(53)59-46(45-58-50(49(54)55)56-43-42-51(3,4)5)44-57-47(52)40-38-36-34-32-30-28-26-23-21-19-17-15-13-11-9-7-2/h16,18,22,24,46,50H,6-15,17,19-21,23,25-45H2,1-5H3/b18-16-,24-22-. The fourth-order valence-electron chi connectivity index (χ4n) is 6.86. The molecule has 0 rings (SSSR count). The van der Waals surface area contributed by atoms with E-state index in [-0.39, 0.29) is 32.2 Å². The van der Waals surface area contributed by atoms with Crippen molar-refractivity contribution in [3.63, 3.8) is 0 Å². The first kappa shape index (κ1) is 56.8. The number of hydrogen-bond acceptors (Lipinski definition) is 8. The van der Waals surface area contributed by atoms with Gasteiger partial charge in [0.2, 0.25) is 0 Å². The van der Waals surface area contributed by atoms with E-state index in [2.05, 4.69) is 38.2 Å². The van der Waals surface area contributed by atoms with Gasteiger partial charge in [0.05, 0.1) is 40.3 Å². The highest BCUT2D eigenvalue weighted by Gasteiger charge is 2.21. The third-order valence-electron chi connectivity index (χ3n) is 10.7. The van der Waals surface area contributed by atoms with E-state index in [0.29, 0.717) is 23.9 Å². The molecule has 0 bridgehead atoms. The van der Waals surface area contributed by atoms with Gasteiger partial charge >= 0.3 is 11.9 Å². The van der Waals surface area contributed by atoms with Gasteiger partial charge in [0.1, 0.15) is 13.2 Å². The molecule has 9 nitrogen and oxygen atoms in total. The van der Waals surface area contributed by atoms with E-state index in [0.717, 1.165) is 51.4 Å². The van der Waals surface area contributed by atoms with Crippen molar-refractivity contribution in [1.29, 1.82) is 0 Å². The number of carboxylic acids is 1. The molecule has 0 radical (unpaired) electrons. The van der Waals surface area contributed by atoms with Crippen LogP contribution in [0, 0.1) is 0 Å². The lowest BCUT2D eigenvalue weighted by molar-refractivity contribution is -0.870. The topological polar surface area (TPSA) is 111 Å². The summed E-state index contributed by atoms with van der Waals surface area (Å²) < 4.78 is 22.6. The average molecular weight is 836 g/mol. The van der Waals surface area contributed by atoms with Crippen LogP contribution in [-0.4, -0.2) is 82.3 Å².